The van der Waals surface area contributed by atoms with Gasteiger partial charge >= 0.3 is 15.3 Å². The Kier molecular flexibility index (Phi) is 14.8. The first-order chi connectivity index (χ1) is 43.6. The van der Waals surface area contributed by atoms with E-state index in [1.54, 1.807) is 18.5 Å². The minimum atomic E-state index is -3.79. The fourth-order valence-electron chi connectivity index (χ4n) is 19.5. The highest BCUT2D eigenvalue weighted by atomic mass is 31.2. The van der Waals surface area contributed by atoms with Gasteiger partial charge in [-0.2, -0.15) is 0 Å². The van der Waals surface area contributed by atoms with Crippen LogP contribution in [0, 0.1) is 41.5 Å². The first-order valence-corrected chi connectivity index (χ1v) is 36.6. The standard InChI is InChI=1S/C29H32NO3P.C23H28NO3P.C23H28O2.C5H6N2/c1-18-11-21-25-23(13-18)32-34(31,15-20-9-7-8-10-30-20)33-24-14-19(2)12-22-26(24)29(25,16-27(21,3)4)17-28(22,5)6;1-13-7-15-19-17(9-13)26-28(24,25)27-18-10-14(2)8-16-20(18)23(19,11-21(15,3)4)12-22(16,5)6;1-13-7-15-19(17(24)9-13)23(11-21(15,3)4)12-22(5,6)16-8-14(2)10-18(25)20(16)23;6-5-3-1-2-4-7-5/h7-14H,15-17H2,1-6H3;7-10H,11-12H2,1-6H3,(H2,24,25);7-10,24-25H,11-12H2,1-6H3;1-4H,(H2,6,7). The van der Waals surface area contributed by atoms with E-state index in [-0.39, 0.29) is 54.9 Å². The average Bonchev–Trinajstić information content (AvgIpc) is 1.53. The number of phenolic OH excluding ortho intramolecular Hbond substituents is 2. The van der Waals surface area contributed by atoms with Crippen molar-refractivity contribution in [2.45, 2.75) is 218 Å². The van der Waals surface area contributed by atoms with Crippen LogP contribution in [-0.2, 0) is 64.0 Å². The maximum Gasteiger partial charge on any atom is 0.510 e. The minimum absolute atomic E-state index is 0.0256. The SMILES string of the molecule is Cc1cc(O)c2c(c1)C(C)(C)CC21CC(C)(C)c2cc(C)cc(O)c21.Cc1cc2c3c(c1)C(C)(C)CC31CC(C)(C)c3cc(C)cc(c31)OP(=O)(Cc1ccccn1)O2.Cc1cc2c3c(c1)C(C)(C)CC31CC(C)(C)c3cc(C)cc(c31)OP(N)(=O)O2.Nc1ccccn1. The minimum Gasteiger partial charge on any atom is -0.508 e. The average molecular weight is 1300 g/mol. The Morgan fingerprint density at radius 2 is 0.670 bits per heavy atom. The van der Waals surface area contributed by atoms with Gasteiger partial charge in [0.25, 0.3) is 0 Å². The number of phenols is 2. The van der Waals surface area contributed by atoms with E-state index >= 15 is 0 Å². The lowest BCUT2D eigenvalue weighted by molar-refractivity contribution is 0.326. The molecule has 14 heteroatoms. The lowest BCUT2D eigenvalue weighted by atomic mass is 9.72. The van der Waals surface area contributed by atoms with Crippen LogP contribution in [0.3, 0.4) is 0 Å². The van der Waals surface area contributed by atoms with Crippen LogP contribution >= 0.6 is 15.3 Å². The van der Waals surface area contributed by atoms with Crippen molar-refractivity contribution in [3.8, 4) is 34.5 Å². The molecule has 2 aromatic heterocycles. The molecule has 6 aromatic carbocycles. The summed E-state index contributed by atoms with van der Waals surface area (Å²) in [6.07, 6.45) is 9.24. The number of hydrogen-bond donors (Lipinski definition) is 4. The number of nitrogens with two attached hydrogens (primary N) is 2. The van der Waals surface area contributed by atoms with Crippen LogP contribution < -0.4 is 29.3 Å². The third-order valence-corrected chi connectivity index (χ3v) is 24.5. The molecule has 8 aromatic rings. The number of rotatable bonds is 2. The van der Waals surface area contributed by atoms with Crippen LogP contribution in [0.15, 0.2) is 122 Å². The van der Waals surface area contributed by atoms with Gasteiger partial charge in [-0.3, -0.25) is 4.98 Å². The molecule has 4 heterocycles. The molecule has 16 rings (SSSR count). The topological polar surface area (TPSA) is 189 Å². The smallest absolute Gasteiger partial charge is 0.508 e. The fourth-order valence-corrected chi connectivity index (χ4v) is 22.0. The van der Waals surface area contributed by atoms with Gasteiger partial charge in [-0.15, -0.1) is 0 Å². The third kappa shape index (κ3) is 10.5. The zero-order valence-corrected chi connectivity index (χ0v) is 60.1. The number of aromatic nitrogens is 2. The Morgan fingerprint density at radius 3 is 0.947 bits per heavy atom. The highest BCUT2D eigenvalue weighted by Gasteiger charge is 2.63. The van der Waals surface area contributed by atoms with Crippen LogP contribution in [0.5, 0.6) is 34.5 Å². The van der Waals surface area contributed by atoms with E-state index in [0.29, 0.717) is 34.5 Å². The Hall–Kier alpha value is -7.36. The highest BCUT2D eigenvalue weighted by molar-refractivity contribution is 7.53. The van der Waals surface area contributed by atoms with Crippen molar-refractivity contribution in [1.82, 2.24) is 9.97 Å². The van der Waals surface area contributed by atoms with Crippen molar-refractivity contribution in [3.05, 3.63) is 227 Å². The second-order valence-electron chi connectivity index (χ2n) is 33.0. The molecule has 0 fully saturated rings. The number of aromatic hydroxyl groups is 2. The van der Waals surface area contributed by atoms with E-state index < -0.39 is 15.3 Å². The van der Waals surface area contributed by atoms with Gasteiger partial charge in [0, 0.05) is 62.0 Å². The summed E-state index contributed by atoms with van der Waals surface area (Å²) in [5, 5.41) is 21.9. The number of fused-ring (bicyclic) bond motifs is 4. The van der Waals surface area contributed by atoms with Gasteiger partial charge in [0.15, 0.2) is 0 Å². The first-order valence-electron chi connectivity index (χ1n) is 33.3. The Morgan fingerprint density at radius 1 is 0.394 bits per heavy atom. The molecular weight excluding hydrogens is 1210 g/mol. The van der Waals surface area contributed by atoms with E-state index in [1.165, 1.54) is 44.5 Å². The van der Waals surface area contributed by atoms with Gasteiger partial charge in [-0.1, -0.05) is 132 Å². The summed E-state index contributed by atoms with van der Waals surface area (Å²) in [5.41, 5.74) is 32.1. The normalized spacial score (nSPS) is 21.1. The van der Waals surface area contributed by atoms with Gasteiger partial charge < -0.3 is 34.0 Å². The molecule has 0 atom stereocenters. The van der Waals surface area contributed by atoms with Gasteiger partial charge in [-0.25, -0.2) is 19.6 Å². The Labute approximate surface area is 556 Å². The number of nitrogen functional groups attached to an aromatic ring is 1. The fraction of sp³-hybridized carbons (Fsp3) is 0.425. The summed E-state index contributed by atoms with van der Waals surface area (Å²) < 4.78 is 52.4. The Balaban J connectivity index is 0.000000123. The van der Waals surface area contributed by atoms with Crippen molar-refractivity contribution >= 4 is 21.2 Å². The van der Waals surface area contributed by atoms with Gasteiger partial charge in [0.05, 0.1) is 5.69 Å². The number of anilines is 1. The van der Waals surface area contributed by atoms with Crippen LogP contribution in [0.2, 0.25) is 0 Å². The van der Waals surface area contributed by atoms with Crippen LogP contribution in [0.4, 0.5) is 5.82 Å². The summed E-state index contributed by atoms with van der Waals surface area (Å²) in [7, 11) is -7.38. The zero-order valence-electron chi connectivity index (χ0n) is 58.3. The maximum atomic E-state index is 14.4. The second-order valence-corrected chi connectivity index (χ2v) is 36.4. The molecule has 0 radical (unpaired) electrons. The van der Waals surface area contributed by atoms with Crippen molar-refractivity contribution < 1.29 is 37.4 Å². The van der Waals surface area contributed by atoms with E-state index in [4.69, 9.17) is 29.3 Å². The summed E-state index contributed by atoms with van der Waals surface area (Å²) in [4.78, 5) is 8.18. The van der Waals surface area contributed by atoms with Gasteiger partial charge in [0.1, 0.15) is 46.5 Å². The lowest BCUT2D eigenvalue weighted by Gasteiger charge is -2.35. The molecule has 8 aliphatic rings. The van der Waals surface area contributed by atoms with Crippen molar-refractivity contribution in [2.24, 2.45) is 5.50 Å². The molecule has 0 saturated heterocycles. The van der Waals surface area contributed by atoms with E-state index in [1.807, 2.05) is 82.3 Å². The second kappa shape index (κ2) is 21.3. The molecule has 3 spiro atoms. The highest BCUT2D eigenvalue weighted by Crippen LogP contribution is 2.73. The molecule has 94 heavy (non-hydrogen) atoms. The summed E-state index contributed by atoms with van der Waals surface area (Å²) in [6, 6.07) is 36.5. The molecule has 0 bridgehead atoms. The number of aryl methyl sites for hydroxylation is 6. The molecule has 12 nitrogen and oxygen atoms in total. The van der Waals surface area contributed by atoms with Crippen molar-refractivity contribution in [1.29, 1.82) is 0 Å². The number of hydrogen-bond acceptors (Lipinski definition) is 11. The van der Waals surface area contributed by atoms with Crippen LogP contribution in [-0.4, -0.2) is 20.2 Å². The third-order valence-electron chi connectivity index (χ3n) is 21.9. The number of pyridine rings is 2. The first kappa shape index (κ1) is 65.3. The predicted octanol–water partition coefficient (Wildman–Crippen LogP) is 19.3. The van der Waals surface area contributed by atoms with Gasteiger partial charge in [-0.05, 0) is 240 Å². The summed E-state index contributed by atoms with van der Waals surface area (Å²) in [6.45, 7) is 39.9. The molecule has 2 aliphatic heterocycles. The van der Waals surface area contributed by atoms with Crippen LogP contribution in [0.25, 0.3) is 0 Å². The monoisotopic (exact) mass is 1300 g/mol. The molecule has 6 N–H and O–H groups in total. The van der Waals surface area contributed by atoms with Crippen molar-refractivity contribution in [3.63, 3.8) is 0 Å². The quantitative estimate of drug-likeness (QED) is 0.120. The molecule has 0 unspecified atom stereocenters. The Bertz CT molecular complexity index is 4340. The molecule has 0 saturated carbocycles. The number of benzene rings is 6. The van der Waals surface area contributed by atoms with Crippen LogP contribution in [0.1, 0.15) is 227 Å². The van der Waals surface area contributed by atoms with E-state index in [2.05, 4.69) is 155 Å². The molecule has 492 valence electrons. The zero-order chi connectivity index (χ0) is 67.8. The van der Waals surface area contributed by atoms with E-state index in [0.717, 1.165) is 106 Å². The van der Waals surface area contributed by atoms with Crippen molar-refractivity contribution in [2.75, 3.05) is 5.73 Å². The predicted molar refractivity (Wildman–Crippen MR) is 377 cm³/mol. The van der Waals surface area contributed by atoms with E-state index in [9.17, 15) is 19.3 Å². The molecule has 6 aliphatic carbocycles. The summed E-state index contributed by atoms with van der Waals surface area (Å²) >= 11 is 0. The molecule has 0 amide bonds. The van der Waals surface area contributed by atoms with Gasteiger partial charge in [0.2, 0.25) is 0 Å². The summed E-state index contributed by atoms with van der Waals surface area (Å²) in [5.74, 6) is 4.02. The molecular formula is C80H94N4O8P2. The lowest BCUT2D eigenvalue weighted by Crippen LogP contribution is -2.29. The maximum absolute atomic E-state index is 14.4. The largest absolute Gasteiger partial charge is 0.510 e. The number of nitrogens with zero attached hydrogens (tertiary/aromatic N) is 2.